The highest BCUT2D eigenvalue weighted by molar-refractivity contribution is 6.31. The van der Waals surface area contributed by atoms with E-state index in [2.05, 4.69) is 10.3 Å². The first-order chi connectivity index (χ1) is 9.13. The van der Waals surface area contributed by atoms with Gasteiger partial charge in [0.15, 0.2) is 0 Å². The molecule has 2 rings (SSSR count). The second-order valence-electron chi connectivity index (χ2n) is 4.14. The largest absolute Gasteiger partial charge is 0.313 e. The SMILES string of the molecule is CNC(Cc1c(F)cccc1Cl)c1ccncc1Cl. The van der Waals surface area contributed by atoms with Crippen LogP contribution in [0.1, 0.15) is 17.2 Å². The quantitative estimate of drug-likeness (QED) is 0.922. The lowest BCUT2D eigenvalue weighted by Gasteiger charge is -2.18. The Morgan fingerprint density at radius 2 is 2.05 bits per heavy atom. The monoisotopic (exact) mass is 298 g/mol. The van der Waals surface area contributed by atoms with E-state index in [9.17, 15) is 4.39 Å². The molecule has 0 fully saturated rings. The molecule has 19 heavy (non-hydrogen) atoms. The summed E-state index contributed by atoms with van der Waals surface area (Å²) in [7, 11) is 1.80. The molecule has 1 atom stereocenters. The lowest BCUT2D eigenvalue weighted by atomic mass is 9.99. The van der Waals surface area contributed by atoms with Crippen LogP contribution in [0.4, 0.5) is 4.39 Å². The minimum atomic E-state index is -0.307. The first kappa shape index (κ1) is 14.3. The number of likely N-dealkylation sites (N-methyl/N-ethyl adjacent to an activating group) is 1. The van der Waals surface area contributed by atoms with Gasteiger partial charge in [-0.1, -0.05) is 29.3 Å². The lowest BCUT2D eigenvalue weighted by Crippen LogP contribution is -2.20. The number of benzene rings is 1. The number of pyridine rings is 1. The van der Waals surface area contributed by atoms with Crippen molar-refractivity contribution in [3.63, 3.8) is 0 Å². The molecule has 0 amide bonds. The molecule has 100 valence electrons. The predicted octanol–water partition coefficient (Wildman–Crippen LogP) is 4.03. The van der Waals surface area contributed by atoms with Gasteiger partial charge < -0.3 is 5.32 Å². The summed E-state index contributed by atoms with van der Waals surface area (Å²) in [6.45, 7) is 0. The number of nitrogens with one attached hydrogen (secondary N) is 1. The van der Waals surface area contributed by atoms with Gasteiger partial charge in [-0.25, -0.2) is 4.39 Å². The summed E-state index contributed by atoms with van der Waals surface area (Å²) in [5.74, 6) is -0.307. The maximum absolute atomic E-state index is 13.8. The molecular weight excluding hydrogens is 286 g/mol. The molecule has 0 aliphatic carbocycles. The second kappa shape index (κ2) is 6.33. The highest BCUT2D eigenvalue weighted by Crippen LogP contribution is 2.28. The lowest BCUT2D eigenvalue weighted by molar-refractivity contribution is 0.554. The van der Waals surface area contributed by atoms with E-state index in [1.807, 2.05) is 6.07 Å². The fraction of sp³-hybridized carbons (Fsp3) is 0.214. The van der Waals surface area contributed by atoms with Gasteiger partial charge in [0.05, 0.1) is 5.02 Å². The van der Waals surface area contributed by atoms with Crippen LogP contribution in [0.25, 0.3) is 0 Å². The third-order valence-electron chi connectivity index (χ3n) is 3.00. The second-order valence-corrected chi connectivity index (χ2v) is 4.96. The molecule has 1 unspecified atom stereocenters. The van der Waals surface area contributed by atoms with Crippen LogP contribution < -0.4 is 5.32 Å². The standard InChI is InChI=1S/C14H13Cl2FN2/c1-18-14(9-5-6-19-8-12(9)16)7-10-11(15)3-2-4-13(10)17/h2-6,8,14,18H,7H2,1H3. The fourth-order valence-electron chi connectivity index (χ4n) is 1.97. The van der Waals surface area contributed by atoms with E-state index in [1.165, 1.54) is 6.07 Å². The molecule has 0 bridgehead atoms. The van der Waals surface area contributed by atoms with Crippen molar-refractivity contribution in [1.29, 1.82) is 0 Å². The van der Waals surface area contributed by atoms with Crippen molar-refractivity contribution in [3.8, 4) is 0 Å². The number of hydrogen-bond donors (Lipinski definition) is 1. The van der Waals surface area contributed by atoms with E-state index >= 15 is 0 Å². The van der Waals surface area contributed by atoms with Crippen LogP contribution in [0, 0.1) is 5.82 Å². The van der Waals surface area contributed by atoms with Crippen molar-refractivity contribution in [2.24, 2.45) is 0 Å². The van der Waals surface area contributed by atoms with Crippen LogP contribution in [-0.2, 0) is 6.42 Å². The summed E-state index contributed by atoms with van der Waals surface area (Å²) in [4.78, 5) is 3.94. The topological polar surface area (TPSA) is 24.9 Å². The molecular formula is C14H13Cl2FN2. The zero-order valence-electron chi connectivity index (χ0n) is 10.3. The molecule has 1 heterocycles. The Labute approximate surface area is 121 Å². The van der Waals surface area contributed by atoms with Gasteiger partial charge in [-0.2, -0.15) is 0 Å². The molecule has 1 aromatic heterocycles. The molecule has 0 spiro atoms. The van der Waals surface area contributed by atoms with E-state index in [0.29, 0.717) is 22.0 Å². The Hall–Kier alpha value is -1.16. The fourth-order valence-corrected chi connectivity index (χ4v) is 2.46. The number of rotatable bonds is 4. The average Bonchev–Trinajstić information content (AvgIpc) is 2.40. The van der Waals surface area contributed by atoms with E-state index < -0.39 is 0 Å². The Kier molecular flexibility index (Phi) is 4.75. The molecule has 0 aliphatic heterocycles. The molecule has 2 aromatic rings. The first-order valence-corrected chi connectivity index (χ1v) is 6.58. The number of nitrogens with zero attached hydrogens (tertiary/aromatic N) is 1. The van der Waals surface area contributed by atoms with Crippen molar-refractivity contribution in [1.82, 2.24) is 10.3 Å². The van der Waals surface area contributed by atoms with Gasteiger partial charge in [-0.15, -0.1) is 0 Å². The molecule has 0 saturated heterocycles. The molecule has 2 nitrogen and oxygen atoms in total. The van der Waals surface area contributed by atoms with Gasteiger partial charge in [-0.05, 0) is 37.2 Å². The van der Waals surface area contributed by atoms with Crippen LogP contribution in [0.15, 0.2) is 36.7 Å². The summed E-state index contributed by atoms with van der Waals surface area (Å²) < 4.78 is 13.8. The zero-order valence-corrected chi connectivity index (χ0v) is 11.8. The average molecular weight is 299 g/mol. The van der Waals surface area contributed by atoms with Crippen LogP contribution in [0.2, 0.25) is 10.0 Å². The number of hydrogen-bond acceptors (Lipinski definition) is 2. The maximum Gasteiger partial charge on any atom is 0.127 e. The molecule has 1 aromatic carbocycles. The Morgan fingerprint density at radius 3 is 2.68 bits per heavy atom. The molecule has 1 N–H and O–H groups in total. The third kappa shape index (κ3) is 3.24. The maximum atomic E-state index is 13.8. The molecule has 0 saturated carbocycles. The predicted molar refractivity (Wildman–Crippen MR) is 76.2 cm³/mol. The zero-order chi connectivity index (χ0) is 13.8. The van der Waals surface area contributed by atoms with Gasteiger partial charge in [-0.3, -0.25) is 4.98 Å². The minimum absolute atomic E-state index is 0.120. The van der Waals surface area contributed by atoms with E-state index in [0.717, 1.165) is 5.56 Å². The molecule has 0 radical (unpaired) electrons. The van der Waals surface area contributed by atoms with Crippen molar-refractivity contribution in [2.45, 2.75) is 12.5 Å². The van der Waals surface area contributed by atoms with E-state index in [-0.39, 0.29) is 11.9 Å². The van der Waals surface area contributed by atoms with Gasteiger partial charge in [0.25, 0.3) is 0 Å². The van der Waals surface area contributed by atoms with Gasteiger partial charge in [0.1, 0.15) is 5.82 Å². The van der Waals surface area contributed by atoms with Gasteiger partial charge in [0, 0.05) is 29.0 Å². The van der Waals surface area contributed by atoms with E-state index in [4.69, 9.17) is 23.2 Å². The minimum Gasteiger partial charge on any atom is -0.313 e. The van der Waals surface area contributed by atoms with E-state index in [1.54, 1.807) is 31.6 Å². The highest BCUT2D eigenvalue weighted by Gasteiger charge is 2.17. The highest BCUT2D eigenvalue weighted by atomic mass is 35.5. The summed E-state index contributed by atoms with van der Waals surface area (Å²) in [5.41, 5.74) is 1.36. The normalized spacial score (nSPS) is 12.4. The van der Waals surface area contributed by atoms with Crippen LogP contribution in [-0.4, -0.2) is 12.0 Å². The number of halogens is 3. The summed E-state index contributed by atoms with van der Waals surface area (Å²) in [6, 6.07) is 6.38. The molecule has 0 aliphatic rings. The van der Waals surface area contributed by atoms with Gasteiger partial charge >= 0.3 is 0 Å². The van der Waals surface area contributed by atoms with Gasteiger partial charge in [0.2, 0.25) is 0 Å². The van der Waals surface area contributed by atoms with Crippen LogP contribution in [0.3, 0.4) is 0 Å². The Balaban J connectivity index is 2.32. The van der Waals surface area contributed by atoms with Crippen molar-refractivity contribution >= 4 is 23.2 Å². The van der Waals surface area contributed by atoms with Crippen molar-refractivity contribution in [3.05, 3.63) is 63.6 Å². The third-order valence-corrected chi connectivity index (χ3v) is 3.67. The van der Waals surface area contributed by atoms with Crippen molar-refractivity contribution < 1.29 is 4.39 Å². The smallest absolute Gasteiger partial charge is 0.127 e. The summed E-state index contributed by atoms with van der Waals surface area (Å²) in [6.07, 6.45) is 3.66. The van der Waals surface area contributed by atoms with Crippen LogP contribution >= 0.6 is 23.2 Å². The Morgan fingerprint density at radius 1 is 1.26 bits per heavy atom. The van der Waals surface area contributed by atoms with Crippen molar-refractivity contribution in [2.75, 3.05) is 7.05 Å². The molecule has 5 heteroatoms. The summed E-state index contributed by atoms with van der Waals surface area (Å²) in [5, 5.41) is 4.10. The number of aromatic nitrogens is 1. The Bertz CT molecular complexity index is 555. The van der Waals surface area contributed by atoms with Crippen LogP contribution in [0.5, 0.6) is 0 Å². The first-order valence-electron chi connectivity index (χ1n) is 5.83. The summed E-state index contributed by atoms with van der Waals surface area (Å²) >= 11 is 12.2.